The fraction of sp³-hybridized carbons (Fsp3) is 0.375. The maximum atomic E-state index is 11.9. The van der Waals surface area contributed by atoms with Crippen molar-refractivity contribution in [3.05, 3.63) is 35.0 Å². The molecule has 0 aliphatic carbocycles. The number of methoxy groups -OCH3 is 1. The van der Waals surface area contributed by atoms with Crippen LogP contribution in [0.25, 0.3) is 0 Å². The fourth-order valence-corrected chi connectivity index (χ4v) is 3.83. The minimum atomic E-state index is -0.0387. The Bertz CT molecular complexity index is 729. The van der Waals surface area contributed by atoms with Crippen molar-refractivity contribution in [2.75, 3.05) is 24.8 Å². The van der Waals surface area contributed by atoms with Crippen LogP contribution in [0.4, 0.5) is 5.82 Å². The summed E-state index contributed by atoms with van der Waals surface area (Å²) in [5, 5.41) is 10.0. The van der Waals surface area contributed by atoms with Gasteiger partial charge in [-0.05, 0) is 31.5 Å². The average molecular weight is 333 g/mol. The summed E-state index contributed by atoms with van der Waals surface area (Å²) in [5.41, 5.74) is 3.01. The van der Waals surface area contributed by atoms with E-state index in [2.05, 4.69) is 15.5 Å². The number of benzene rings is 1. The molecule has 0 spiro atoms. The van der Waals surface area contributed by atoms with Crippen molar-refractivity contribution in [3.8, 4) is 11.5 Å². The molecule has 0 fully saturated rings. The summed E-state index contributed by atoms with van der Waals surface area (Å²) >= 11 is 1.58. The molecule has 1 aliphatic heterocycles. The second kappa shape index (κ2) is 6.54. The molecule has 1 amide bonds. The molecule has 2 aromatic rings. The molecule has 0 saturated heterocycles. The standard InChI is InChI=1S/C16H19N3O3S/c1-4-22-11-6-5-10(7-12(11)21-3)15-14-9(2)18-19-16(14)17-13(20)8-23-15/h5-7,15H,4,8H2,1-3H3,(H2,17,18,19,20)/t15-/m0/s1. The first kappa shape index (κ1) is 15.7. The molecule has 6 nitrogen and oxygen atoms in total. The van der Waals surface area contributed by atoms with Crippen molar-refractivity contribution in [3.63, 3.8) is 0 Å². The molecule has 3 rings (SSSR count). The summed E-state index contributed by atoms with van der Waals surface area (Å²) < 4.78 is 11.0. The first-order valence-electron chi connectivity index (χ1n) is 7.41. The van der Waals surface area contributed by atoms with E-state index in [9.17, 15) is 4.79 Å². The first-order valence-corrected chi connectivity index (χ1v) is 8.46. The van der Waals surface area contributed by atoms with Gasteiger partial charge in [0.25, 0.3) is 0 Å². The molecule has 122 valence electrons. The van der Waals surface area contributed by atoms with Crippen LogP contribution < -0.4 is 14.8 Å². The Balaban J connectivity index is 2.04. The Hall–Kier alpha value is -2.15. The van der Waals surface area contributed by atoms with E-state index in [-0.39, 0.29) is 11.2 Å². The van der Waals surface area contributed by atoms with Gasteiger partial charge < -0.3 is 14.8 Å². The van der Waals surface area contributed by atoms with Crippen LogP contribution in [0.15, 0.2) is 18.2 Å². The molecule has 23 heavy (non-hydrogen) atoms. The van der Waals surface area contributed by atoms with Crippen LogP contribution >= 0.6 is 11.8 Å². The third kappa shape index (κ3) is 3.01. The van der Waals surface area contributed by atoms with Gasteiger partial charge in [0.2, 0.25) is 5.91 Å². The molecule has 0 radical (unpaired) electrons. The van der Waals surface area contributed by atoms with E-state index in [1.807, 2.05) is 32.0 Å². The first-order chi connectivity index (χ1) is 11.1. The SMILES string of the molecule is CCOc1ccc([C@@H]2SCC(=O)Nc3n[nH]c(C)c32)cc1OC. The third-order valence-corrected chi connectivity index (χ3v) is 4.96. The fourth-order valence-electron chi connectivity index (χ4n) is 2.65. The van der Waals surface area contributed by atoms with Gasteiger partial charge in [0.1, 0.15) is 0 Å². The molecule has 1 aliphatic rings. The number of fused-ring (bicyclic) bond motifs is 1. The summed E-state index contributed by atoms with van der Waals surface area (Å²) in [5.74, 6) is 2.36. The number of carbonyl (C=O) groups excluding carboxylic acids is 1. The van der Waals surface area contributed by atoms with Crippen molar-refractivity contribution >= 4 is 23.5 Å². The van der Waals surface area contributed by atoms with Gasteiger partial charge in [-0.25, -0.2) is 0 Å². The number of anilines is 1. The Kier molecular flexibility index (Phi) is 4.47. The summed E-state index contributed by atoms with van der Waals surface area (Å²) in [6.45, 7) is 4.48. The monoisotopic (exact) mass is 333 g/mol. The Morgan fingerprint density at radius 2 is 2.22 bits per heavy atom. The molecule has 1 aromatic carbocycles. The predicted octanol–water partition coefficient (Wildman–Crippen LogP) is 2.90. The highest BCUT2D eigenvalue weighted by Crippen LogP contribution is 2.44. The van der Waals surface area contributed by atoms with Crippen LogP contribution in [-0.2, 0) is 4.79 Å². The highest BCUT2D eigenvalue weighted by atomic mass is 32.2. The zero-order chi connectivity index (χ0) is 16.4. The van der Waals surface area contributed by atoms with E-state index in [0.29, 0.717) is 23.9 Å². The normalized spacial score (nSPS) is 17.2. The number of aromatic nitrogens is 2. The van der Waals surface area contributed by atoms with Crippen LogP contribution in [-0.4, -0.2) is 35.6 Å². The Labute approximate surface area is 138 Å². The van der Waals surface area contributed by atoms with Crippen LogP contribution in [0.1, 0.15) is 29.0 Å². The van der Waals surface area contributed by atoms with Crippen molar-refractivity contribution < 1.29 is 14.3 Å². The molecule has 1 atom stereocenters. The Morgan fingerprint density at radius 3 is 2.96 bits per heavy atom. The second-order valence-electron chi connectivity index (χ2n) is 5.19. The van der Waals surface area contributed by atoms with Gasteiger partial charge in [-0.3, -0.25) is 9.89 Å². The van der Waals surface area contributed by atoms with Crippen LogP contribution in [0.5, 0.6) is 11.5 Å². The molecule has 1 aromatic heterocycles. The lowest BCUT2D eigenvalue weighted by Gasteiger charge is -2.17. The smallest absolute Gasteiger partial charge is 0.235 e. The van der Waals surface area contributed by atoms with Crippen molar-refractivity contribution in [2.24, 2.45) is 0 Å². The number of aromatic amines is 1. The molecule has 2 N–H and O–H groups in total. The van der Waals surface area contributed by atoms with Gasteiger partial charge in [-0.15, -0.1) is 11.8 Å². The number of rotatable bonds is 4. The molecule has 0 saturated carbocycles. The maximum absolute atomic E-state index is 11.9. The highest BCUT2D eigenvalue weighted by molar-refractivity contribution is 8.00. The number of aryl methyl sites for hydroxylation is 1. The van der Waals surface area contributed by atoms with Crippen molar-refractivity contribution in [2.45, 2.75) is 19.1 Å². The van der Waals surface area contributed by atoms with E-state index in [1.165, 1.54) is 0 Å². The van der Waals surface area contributed by atoms with Crippen molar-refractivity contribution in [1.82, 2.24) is 10.2 Å². The maximum Gasteiger partial charge on any atom is 0.235 e. The minimum Gasteiger partial charge on any atom is -0.493 e. The van der Waals surface area contributed by atoms with E-state index in [1.54, 1.807) is 18.9 Å². The van der Waals surface area contributed by atoms with Gasteiger partial charge in [-0.1, -0.05) is 6.07 Å². The molecule has 0 unspecified atom stereocenters. The lowest BCUT2D eigenvalue weighted by Crippen LogP contribution is -2.12. The lowest BCUT2D eigenvalue weighted by atomic mass is 10.0. The van der Waals surface area contributed by atoms with Gasteiger partial charge in [0, 0.05) is 11.3 Å². The number of ether oxygens (including phenoxy) is 2. The Morgan fingerprint density at radius 1 is 1.39 bits per heavy atom. The van der Waals surface area contributed by atoms with Crippen molar-refractivity contribution in [1.29, 1.82) is 0 Å². The number of thioether (sulfide) groups is 1. The number of H-pyrrole nitrogens is 1. The average Bonchev–Trinajstić information content (AvgIpc) is 2.80. The lowest BCUT2D eigenvalue weighted by molar-refractivity contribution is -0.113. The molecular weight excluding hydrogens is 314 g/mol. The number of carbonyl (C=O) groups is 1. The quantitative estimate of drug-likeness (QED) is 0.900. The second-order valence-corrected chi connectivity index (χ2v) is 6.29. The molecule has 0 bridgehead atoms. The van der Waals surface area contributed by atoms with Gasteiger partial charge in [0.05, 0.1) is 24.7 Å². The third-order valence-electron chi connectivity index (χ3n) is 3.69. The zero-order valence-corrected chi connectivity index (χ0v) is 14.1. The summed E-state index contributed by atoms with van der Waals surface area (Å²) in [4.78, 5) is 11.9. The van der Waals surface area contributed by atoms with Gasteiger partial charge in [0.15, 0.2) is 17.3 Å². The number of hydrogen-bond donors (Lipinski definition) is 2. The highest BCUT2D eigenvalue weighted by Gasteiger charge is 2.28. The van der Waals surface area contributed by atoms with Gasteiger partial charge >= 0.3 is 0 Å². The van der Waals surface area contributed by atoms with E-state index in [4.69, 9.17) is 9.47 Å². The van der Waals surface area contributed by atoms with Crippen LogP contribution in [0, 0.1) is 6.92 Å². The molecule has 2 heterocycles. The van der Waals surface area contributed by atoms with Gasteiger partial charge in [-0.2, -0.15) is 5.10 Å². The summed E-state index contributed by atoms with van der Waals surface area (Å²) in [6, 6.07) is 5.89. The topological polar surface area (TPSA) is 76.2 Å². The van der Waals surface area contributed by atoms with E-state index < -0.39 is 0 Å². The number of hydrogen-bond acceptors (Lipinski definition) is 5. The summed E-state index contributed by atoms with van der Waals surface area (Å²) in [6.07, 6.45) is 0. The van der Waals surface area contributed by atoms with E-state index in [0.717, 1.165) is 22.6 Å². The van der Waals surface area contributed by atoms with Crippen LogP contribution in [0.2, 0.25) is 0 Å². The summed E-state index contributed by atoms with van der Waals surface area (Å²) in [7, 11) is 1.63. The number of amides is 1. The molecule has 7 heteroatoms. The van der Waals surface area contributed by atoms with E-state index >= 15 is 0 Å². The number of nitrogens with one attached hydrogen (secondary N) is 2. The minimum absolute atomic E-state index is 0.00674. The predicted molar refractivity (Wildman–Crippen MR) is 90.4 cm³/mol. The van der Waals surface area contributed by atoms with Crippen LogP contribution in [0.3, 0.4) is 0 Å². The molecular formula is C16H19N3O3S. The largest absolute Gasteiger partial charge is 0.493 e. The zero-order valence-electron chi connectivity index (χ0n) is 13.3. The number of nitrogens with zero attached hydrogens (tertiary/aromatic N) is 1.